The van der Waals surface area contributed by atoms with Crippen LogP contribution in [0.3, 0.4) is 0 Å². The highest BCUT2D eigenvalue weighted by Crippen LogP contribution is 2.29. The van der Waals surface area contributed by atoms with Crippen molar-refractivity contribution in [1.82, 2.24) is 4.57 Å². The lowest BCUT2D eigenvalue weighted by Gasteiger charge is -2.18. The second kappa shape index (κ2) is 7.82. The average Bonchev–Trinajstić information content (AvgIpc) is 3.00. The van der Waals surface area contributed by atoms with Gasteiger partial charge < -0.3 is 9.88 Å². The number of rotatable bonds is 5. The molecule has 140 valence electrons. The van der Waals surface area contributed by atoms with Crippen molar-refractivity contribution in [1.29, 1.82) is 0 Å². The van der Waals surface area contributed by atoms with Gasteiger partial charge in [0.05, 0.1) is 10.2 Å². The van der Waals surface area contributed by atoms with Gasteiger partial charge in [-0.25, -0.2) is 0 Å². The number of carbonyl (C=O) groups excluding carboxylic acids is 1. The fourth-order valence-corrected chi connectivity index (χ4v) is 4.33. The molecule has 1 N–H and O–H groups in total. The first kappa shape index (κ1) is 18.2. The van der Waals surface area contributed by atoms with E-state index >= 15 is 0 Å². The standard InChI is InChI=1S/C23H20N2O2S/c1-25-20-13-12-18(14-21(20)28-23(25)27)24-22(26)15-19(16-8-4-2-5-9-16)17-10-6-3-7-11-17/h2-14,19H,15H2,1H3,(H,24,26). The number of aryl methyl sites for hydroxylation is 1. The molecule has 0 bridgehead atoms. The van der Waals surface area contributed by atoms with Crippen LogP contribution in [0.2, 0.25) is 0 Å². The normalized spacial score (nSPS) is 11.1. The number of hydrogen-bond donors (Lipinski definition) is 1. The molecule has 4 rings (SSSR count). The zero-order valence-corrected chi connectivity index (χ0v) is 16.3. The van der Waals surface area contributed by atoms with Gasteiger partial charge in [0.15, 0.2) is 0 Å². The van der Waals surface area contributed by atoms with E-state index in [1.165, 1.54) is 11.3 Å². The van der Waals surface area contributed by atoms with E-state index < -0.39 is 0 Å². The Hall–Kier alpha value is -3.18. The van der Waals surface area contributed by atoms with Crippen molar-refractivity contribution < 1.29 is 4.79 Å². The van der Waals surface area contributed by atoms with Crippen molar-refractivity contribution >= 4 is 33.1 Å². The average molecular weight is 388 g/mol. The number of anilines is 1. The second-order valence-electron chi connectivity index (χ2n) is 6.74. The van der Waals surface area contributed by atoms with Gasteiger partial charge in [0.2, 0.25) is 5.91 Å². The van der Waals surface area contributed by atoms with Crippen LogP contribution in [-0.2, 0) is 11.8 Å². The highest BCUT2D eigenvalue weighted by atomic mass is 32.1. The maximum Gasteiger partial charge on any atom is 0.307 e. The molecule has 0 aliphatic carbocycles. The molecule has 0 aliphatic heterocycles. The lowest BCUT2D eigenvalue weighted by molar-refractivity contribution is -0.116. The van der Waals surface area contributed by atoms with Gasteiger partial charge in [0.25, 0.3) is 0 Å². The van der Waals surface area contributed by atoms with Gasteiger partial charge in [-0.3, -0.25) is 9.59 Å². The predicted octanol–water partition coefficient (Wildman–Crippen LogP) is 4.76. The first-order valence-electron chi connectivity index (χ1n) is 9.11. The molecule has 0 radical (unpaired) electrons. The second-order valence-corrected chi connectivity index (χ2v) is 7.73. The maximum atomic E-state index is 12.8. The fourth-order valence-electron chi connectivity index (χ4n) is 3.41. The van der Waals surface area contributed by atoms with Gasteiger partial charge >= 0.3 is 4.87 Å². The van der Waals surface area contributed by atoms with Gasteiger partial charge in [-0.05, 0) is 29.3 Å². The third kappa shape index (κ3) is 3.75. The largest absolute Gasteiger partial charge is 0.326 e. The number of thiazole rings is 1. The molecule has 0 saturated heterocycles. The summed E-state index contributed by atoms with van der Waals surface area (Å²) in [5.74, 6) is -0.0701. The molecule has 28 heavy (non-hydrogen) atoms. The van der Waals surface area contributed by atoms with Gasteiger partial charge in [-0.1, -0.05) is 72.0 Å². The summed E-state index contributed by atoms with van der Waals surface area (Å²) in [5.41, 5.74) is 3.81. The minimum absolute atomic E-state index is 0.00769. The first-order chi connectivity index (χ1) is 13.6. The molecule has 0 spiro atoms. The molecule has 0 aliphatic rings. The number of hydrogen-bond acceptors (Lipinski definition) is 3. The van der Waals surface area contributed by atoms with Crippen LogP contribution in [0.15, 0.2) is 83.7 Å². The monoisotopic (exact) mass is 388 g/mol. The van der Waals surface area contributed by atoms with Crippen LogP contribution in [0.5, 0.6) is 0 Å². The Morgan fingerprint density at radius 3 is 2.18 bits per heavy atom. The van der Waals surface area contributed by atoms with Crippen molar-refractivity contribution in [2.24, 2.45) is 7.05 Å². The van der Waals surface area contributed by atoms with E-state index in [2.05, 4.69) is 29.6 Å². The van der Waals surface area contributed by atoms with Crippen LogP contribution in [-0.4, -0.2) is 10.5 Å². The van der Waals surface area contributed by atoms with Crippen LogP contribution in [0.1, 0.15) is 23.5 Å². The van der Waals surface area contributed by atoms with Crippen molar-refractivity contribution in [3.05, 3.63) is 99.7 Å². The van der Waals surface area contributed by atoms with E-state index in [1.54, 1.807) is 11.6 Å². The number of nitrogens with one attached hydrogen (secondary N) is 1. The first-order valence-corrected chi connectivity index (χ1v) is 9.93. The summed E-state index contributed by atoms with van der Waals surface area (Å²) in [6.07, 6.45) is 0.344. The lowest BCUT2D eigenvalue weighted by Crippen LogP contribution is -2.16. The fraction of sp³-hybridized carbons (Fsp3) is 0.130. The van der Waals surface area contributed by atoms with E-state index in [9.17, 15) is 9.59 Å². The lowest BCUT2D eigenvalue weighted by atomic mass is 9.88. The van der Waals surface area contributed by atoms with Crippen molar-refractivity contribution in [2.45, 2.75) is 12.3 Å². The smallest absolute Gasteiger partial charge is 0.307 e. The summed E-state index contributed by atoms with van der Waals surface area (Å²) >= 11 is 1.18. The Kier molecular flexibility index (Phi) is 5.08. The molecule has 1 aromatic heterocycles. The number of aromatic nitrogens is 1. The van der Waals surface area contributed by atoms with Crippen LogP contribution in [0.4, 0.5) is 5.69 Å². The van der Waals surface area contributed by atoms with E-state index in [-0.39, 0.29) is 16.7 Å². The molecule has 1 amide bonds. The Morgan fingerprint density at radius 1 is 0.964 bits per heavy atom. The zero-order valence-electron chi connectivity index (χ0n) is 15.5. The van der Waals surface area contributed by atoms with E-state index in [0.717, 1.165) is 21.3 Å². The third-order valence-corrected chi connectivity index (χ3v) is 5.86. The molecule has 0 unspecified atom stereocenters. The molecule has 4 nitrogen and oxygen atoms in total. The highest BCUT2D eigenvalue weighted by molar-refractivity contribution is 7.16. The number of amides is 1. The quantitative estimate of drug-likeness (QED) is 0.536. The predicted molar refractivity (Wildman–Crippen MR) is 115 cm³/mol. The Balaban J connectivity index is 1.57. The van der Waals surface area contributed by atoms with Crippen molar-refractivity contribution in [2.75, 3.05) is 5.32 Å². The van der Waals surface area contributed by atoms with Crippen molar-refractivity contribution in [3.63, 3.8) is 0 Å². The summed E-state index contributed by atoms with van der Waals surface area (Å²) in [6, 6.07) is 25.7. The van der Waals surface area contributed by atoms with E-state index in [0.29, 0.717) is 12.1 Å². The van der Waals surface area contributed by atoms with E-state index in [4.69, 9.17) is 0 Å². The Bertz CT molecular complexity index is 1120. The number of fused-ring (bicyclic) bond motifs is 1. The number of benzene rings is 3. The van der Waals surface area contributed by atoms with Gasteiger partial charge in [-0.2, -0.15) is 0 Å². The van der Waals surface area contributed by atoms with Gasteiger partial charge in [0, 0.05) is 25.1 Å². The molecule has 3 aromatic carbocycles. The van der Waals surface area contributed by atoms with Crippen LogP contribution in [0, 0.1) is 0 Å². The highest BCUT2D eigenvalue weighted by Gasteiger charge is 2.18. The van der Waals surface area contributed by atoms with Crippen LogP contribution in [0.25, 0.3) is 10.2 Å². The van der Waals surface area contributed by atoms with E-state index in [1.807, 2.05) is 54.6 Å². The molecular weight excluding hydrogens is 368 g/mol. The molecule has 1 heterocycles. The summed E-state index contributed by atoms with van der Waals surface area (Å²) in [7, 11) is 1.75. The van der Waals surface area contributed by atoms with Gasteiger partial charge in [0.1, 0.15) is 0 Å². The minimum Gasteiger partial charge on any atom is -0.326 e. The van der Waals surface area contributed by atoms with Crippen LogP contribution < -0.4 is 10.2 Å². The third-order valence-electron chi connectivity index (χ3n) is 4.87. The molecule has 4 aromatic rings. The summed E-state index contributed by atoms with van der Waals surface area (Å²) in [5, 5.41) is 2.99. The molecular formula is C23H20N2O2S. The Labute approximate surface area is 167 Å². The maximum absolute atomic E-state index is 12.8. The minimum atomic E-state index is -0.0552. The summed E-state index contributed by atoms with van der Waals surface area (Å²) in [4.78, 5) is 24.6. The SMILES string of the molecule is Cn1c(=O)sc2cc(NC(=O)CC(c3ccccc3)c3ccccc3)ccc21. The topological polar surface area (TPSA) is 51.1 Å². The van der Waals surface area contributed by atoms with Gasteiger partial charge in [-0.15, -0.1) is 0 Å². The zero-order chi connectivity index (χ0) is 19.5. The number of nitrogens with zero attached hydrogens (tertiary/aromatic N) is 1. The van der Waals surface area contributed by atoms with Crippen LogP contribution >= 0.6 is 11.3 Å². The molecule has 5 heteroatoms. The molecule has 0 atom stereocenters. The number of carbonyl (C=O) groups is 1. The molecule has 0 fully saturated rings. The Morgan fingerprint density at radius 2 is 1.57 bits per heavy atom. The summed E-state index contributed by atoms with van der Waals surface area (Å²) in [6.45, 7) is 0. The van der Waals surface area contributed by atoms with Crippen molar-refractivity contribution in [3.8, 4) is 0 Å². The molecule has 0 saturated carbocycles. The summed E-state index contributed by atoms with van der Waals surface area (Å²) < 4.78 is 2.49.